The number of aryl methyl sites for hydroxylation is 1. The topological polar surface area (TPSA) is 41.1 Å². The van der Waals surface area contributed by atoms with E-state index in [1.54, 1.807) is 0 Å². The van der Waals surface area contributed by atoms with Crippen LogP contribution in [0.4, 0.5) is 5.69 Å². The van der Waals surface area contributed by atoms with Gasteiger partial charge < -0.3 is 10.6 Å². The standard InChI is InChI=1S/C15H22N2O/c1-10-6-7-14(12(3)11(10)2)17-15(18)9-13-5-4-8-16-13/h6-7,13,16H,4-5,8-9H2,1-3H3,(H,17,18). The summed E-state index contributed by atoms with van der Waals surface area (Å²) in [5.74, 6) is 0.112. The van der Waals surface area contributed by atoms with Crippen molar-refractivity contribution >= 4 is 11.6 Å². The second-order valence-corrected chi connectivity index (χ2v) is 5.23. The first-order valence-electron chi connectivity index (χ1n) is 6.68. The largest absolute Gasteiger partial charge is 0.326 e. The van der Waals surface area contributed by atoms with Gasteiger partial charge in [-0.15, -0.1) is 0 Å². The van der Waals surface area contributed by atoms with Crippen LogP contribution in [0.25, 0.3) is 0 Å². The Bertz CT molecular complexity index is 448. The van der Waals surface area contributed by atoms with Gasteiger partial charge in [-0.05, 0) is 62.9 Å². The Labute approximate surface area is 109 Å². The van der Waals surface area contributed by atoms with Crippen molar-refractivity contribution in [1.82, 2.24) is 5.32 Å². The van der Waals surface area contributed by atoms with E-state index in [0.717, 1.165) is 18.7 Å². The van der Waals surface area contributed by atoms with Crippen molar-refractivity contribution in [3.8, 4) is 0 Å². The Balaban J connectivity index is 2.00. The first kappa shape index (κ1) is 13.1. The lowest BCUT2D eigenvalue weighted by Gasteiger charge is -2.14. The third-order valence-corrected chi connectivity index (χ3v) is 3.93. The molecule has 0 bridgehead atoms. The van der Waals surface area contributed by atoms with Gasteiger partial charge in [-0.3, -0.25) is 4.79 Å². The maximum absolute atomic E-state index is 12.0. The third kappa shape index (κ3) is 2.91. The van der Waals surface area contributed by atoms with E-state index in [4.69, 9.17) is 0 Å². The lowest BCUT2D eigenvalue weighted by Crippen LogP contribution is -2.27. The Hall–Kier alpha value is -1.35. The predicted octanol–water partition coefficient (Wildman–Crippen LogP) is 2.69. The predicted molar refractivity (Wildman–Crippen MR) is 74.9 cm³/mol. The molecule has 1 atom stereocenters. The van der Waals surface area contributed by atoms with E-state index in [1.165, 1.54) is 23.1 Å². The molecule has 0 aliphatic carbocycles. The summed E-state index contributed by atoms with van der Waals surface area (Å²) >= 11 is 0. The number of nitrogens with one attached hydrogen (secondary N) is 2. The van der Waals surface area contributed by atoms with E-state index in [2.05, 4.69) is 37.5 Å². The number of benzene rings is 1. The van der Waals surface area contributed by atoms with Crippen LogP contribution >= 0.6 is 0 Å². The molecule has 1 aliphatic rings. The smallest absolute Gasteiger partial charge is 0.225 e. The minimum atomic E-state index is 0.112. The molecule has 1 aliphatic heterocycles. The number of anilines is 1. The molecule has 1 amide bonds. The molecule has 2 N–H and O–H groups in total. The molecule has 0 aromatic heterocycles. The molecular formula is C15H22N2O. The van der Waals surface area contributed by atoms with E-state index >= 15 is 0 Å². The molecule has 3 heteroatoms. The fourth-order valence-corrected chi connectivity index (χ4v) is 2.45. The molecule has 1 fully saturated rings. The average molecular weight is 246 g/mol. The lowest BCUT2D eigenvalue weighted by atomic mass is 10.0. The van der Waals surface area contributed by atoms with Crippen molar-refractivity contribution in [1.29, 1.82) is 0 Å². The van der Waals surface area contributed by atoms with Gasteiger partial charge in [0, 0.05) is 18.2 Å². The summed E-state index contributed by atoms with van der Waals surface area (Å²) in [6.07, 6.45) is 2.87. The van der Waals surface area contributed by atoms with Crippen molar-refractivity contribution < 1.29 is 4.79 Å². The zero-order chi connectivity index (χ0) is 13.1. The number of carbonyl (C=O) groups excluding carboxylic acids is 1. The van der Waals surface area contributed by atoms with Crippen molar-refractivity contribution in [3.05, 3.63) is 28.8 Å². The third-order valence-electron chi connectivity index (χ3n) is 3.93. The molecule has 1 saturated heterocycles. The highest BCUT2D eigenvalue weighted by Crippen LogP contribution is 2.22. The van der Waals surface area contributed by atoms with Gasteiger partial charge in [-0.2, -0.15) is 0 Å². The van der Waals surface area contributed by atoms with E-state index in [-0.39, 0.29) is 5.91 Å². The molecule has 98 valence electrons. The van der Waals surface area contributed by atoms with E-state index in [0.29, 0.717) is 12.5 Å². The summed E-state index contributed by atoms with van der Waals surface area (Å²) in [4.78, 5) is 12.0. The minimum Gasteiger partial charge on any atom is -0.326 e. The number of hydrogen-bond donors (Lipinski definition) is 2. The summed E-state index contributed by atoms with van der Waals surface area (Å²) in [6.45, 7) is 7.29. The van der Waals surface area contributed by atoms with Crippen LogP contribution in [0.5, 0.6) is 0 Å². The molecule has 1 unspecified atom stereocenters. The van der Waals surface area contributed by atoms with Crippen LogP contribution in [0.3, 0.4) is 0 Å². The number of amides is 1. The Kier molecular flexibility index (Phi) is 4.02. The van der Waals surface area contributed by atoms with Crippen LogP contribution in [-0.4, -0.2) is 18.5 Å². The molecule has 1 aromatic rings. The summed E-state index contributed by atoms with van der Waals surface area (Å²) in [6, 6.07) is 4.42. The molecule has 2 rings (SSSR count). The van der Waals surface area contributed by atoms with Crippen molar-refractivity contribution in [2.75, 3.05) is 11.9 Å². The highest BCUT2D eigenvalue weighted by molar-refractivity contribution is 5.92. The van der Waals surface area contributed by atoms with Crippen LogP contribution in [0, 0.1) is 20.8 Å². The maximum atomic E-state index is 12.0. The van der Waals surface area contributed by atoms with Gasteiger partial charge in [0.1, 0.15) is 0 Å². The van der Waals surface area contributed by atoms with Crippen LogP contribution < -0.4 is 10.6 Å². The molecular weight excluding hydrogens is 224 g/mol. The minimum absolute atomic E-state index is 0.112. The van der Waals surface area contributed by atoms with Gasteiger partial charge in [-0.1, -0.05) is 6.07 Å². The molecule has 1 heterocycles. The van der Waals surface area contributed by atoms with Crippen molar-refractivity contribution in [3.63, 3.8) is 0 Å². The van der Waals surface area contributed by atoms with E-state index in [9.17, 15) is 4.79 Å². The van der Waals surface area contributed by atoms with E-state index in [1.807, 2.05) is 6.07 Å². The Morgan fingerprint density at radius 2 is 2.11 bits per heavy atom. The van der Waals surface area contributed by atoms with Crippen LogP contribution in [0.2, 0.25) is 0 Å². The van der Waals surface area contributed by atoms with Crippen molar-refractivity contribution in [2.45, 2.75) is 46.1 Å². The monoisotopic (exact) mass is 246 g/mol. The van der Waals surface area contributed by atoms with Gasteiger partial charge in [-0.25, -0.2) is 0 Å². The molecule has 1 aromatic carbocycles. The first-order chi connectivity index (χ1) is 8.58. The molecule has 0 spiro atoms. The van der Waals surface area contributed by atoms with Crippen LogP contribution in [0.1, 0.15) is 36.0 Å². The fourth-order valence-electron chi connectivity index (χ4n) is 2.45. The highest BCUT2D eigenvalue weighted by Gasteiger charge is 2.18. The summed E-state index contributed by atoms with van der Waals surface area (Å²) in [7, 11) is 0. The Morgan fingerprint density at radius 1 is 1.33 bits per heavy atom. The molecule has 0 radical (unpaired) electrons. The normalized spacial score (nSPS) is 18.9. The highest BCUT2D eigenvalue weighted by atomic mass is 16.1. The van der Waals surface area contributed by atoms with Gasteiger partial charge >= 0.3 is 0 Å². The molecule has 0 saturated carbocycles. The maximum Gasteiger partial charge on any atom is 0.225 e. The number of hydrogen-bond acceptors (Lipinski definition) is 2. The number of carbonyl (C=O) groups is 1. The zero-order valence-electron chi connectivity index (χ0n) is 11.5. The summed E-state index contributed by atoms with van der Waals surface area (Å²) in [5.41, 5.74) is 4.64. The molecule has 18 heavy (non-hydrogen) atoms. The van der Waals surface area contributed by atoms with Crippen LogP contribution in [-0.2, 0) is 4.79 Å². The van der Waals surface area contributed by atoms with Gasteiger partial charge in [0.15, 0.2) is 0 Å². The van der Waals surface area contributed by atoms with Crippen molar-refractivity contribution in [2.24, 2.45) is 0 Å². The lowest BCUT2D eigenvalue weighted by molar-refractivity contribution is -0.116. The van der Waals surface area contributed by atoms with E-state index < -0.39 is 0 Å². The average Bonchev–Trinajstić information content (AvgIpc) is 2.83. The van der Waals surface area contributed by atoms with Gasteiger partial charge in [0.25, 0.3) is 0 Å². The Morgan fingerprint density at radius 3 is 2.78 bits per heavy atom. The molecule has 3 nitrogen and oxygen atoms in total. The summed E-state index contributed by atoms with van der Waals surface area (Å²) < 4.78 is 0. The zero-order valence-corrected chi connectivity index (χ0v) is 11.5. The van der Waals surface area contributed by atoms with Gasteiger partial charge in [0.2, 0.25) is 5.91 Å². The fraction of sp³-hybridized carbons (Fsp3) is 0.533. The summed E-state index contributed by atoms with van der Waals surface area (Å²) in [5, 5.41) is 6.37. The van der Waals surface area contributed by atoms with Crippen LogP contribution in [0.15, 0.2) is 12.1 Å². The SMILES string of the molecule is Cc1ccc(NC(=O)CC2CCCN2)c(C)c1C. The second-order valence-electron chi connectivity index (χ2n) is 5.23. The quantitative estimate of drug-likeness (QED) is 0.861. The first-order valence-corrected chi connectivity index (χ1v) is 6.68. The second kappa shape index (κ2) is 5.53. The van der Waals surface area contributed by atoms with Gasteiger partial charge in [0.05, 0.1) is 0 Å². The number of rotatable bonds is 3.